The zero-order valence-corrected chi connectivity index (χ0v) is 13.3. The van der Waals surface area contributed by atoms with Gasteiger partial charge in [0.25, 0.3) is 5.78 Å². The first-order valence-corrected chi connectivity index (χ1v) is 7.28. The minimum absolute atomic E-state index is 0.0419. The minimum Gasteiger partial charge on any atom is -0.351 e. The number of Topliss-reactive ketones (excluding diaryl/α,β-unsaturated/α-hetero) is 1. The number of fused-ring (bicyclic) bond motifs is 3. The molecule has 0 aliphatic carbocycles. The number of hydrogen-bond donors (Lipinski definition) is 0. The number of hydrogen-bond acceptors (Lipinski definition) is 4. The van der Waals surface area contributed by atoms with Crippen molar-refractivity contribution in [1.29, 1.82) is 0 Å². The fourth-order valence-electron chi connectivity index (χ4n) is 2.99. The second kappa shape index (κ2) is 4.69. The fourth-order valence-corrected chi connectivity index (χ4v) is 2.99. The van der Waals surface area contributed by atoms with Crippen LogP contribution in [0.2, 0.25) is 0 Å². The molecule has 0 amide bonds. The molecular formula is C15H17F3N4O. The lowest BCUT2D eigenvalue weighted by Gasteiger charge is -2.34. The lowest BCUT2D eigenvalue weighted by molar-refractivity contribution is -0.0884. The van der Waals surface area contributed by atoms with Gasteiger partial charge in [-0.15, -0.1) is 0 Å². The summed E-state index contributed by atoms with van der Waals surface area (Å²) in [5, 5.41) is 4.02. The van der Waals surface area contributed by atoms with E-state index in [1.165, 1.54) is 4.52 Å². The van der Waals surface area contributed by atoms with Gasteiger partial charge in [-0.1, -0.05) is 0 Å². The monoisotopic (exact) mass is 326 g/mol. The molecule has 0 saturated heterocycles. The molecule has 3 rings (SSSR count). The van der Waals surface area contributed by atoms with Gasteiger partial charge in [0.2, 0.25) is 0 Å². The van der Waals surface area contributed by atoms with E-state index in [1.54, 1.807) is 6.92 Å². The van der Waals surface area contributed by atoms with E-state index in [9.17, 15) is 18.0 Å². The van der Waals surface area contributed by atoms with E-state index >= 15 is 0 Å². The second-order valence-corrected chi connectivity index (χ2v) is 6.69. The standard InChI is InChI=1S/C15H17F3N4O/c1-8-9-5-6-21(14(2,3)4)13(9)22-12(20-8)10(7-19-22)11(23)15(16,17)18/h7H,5-6H2,1-4H3. The van der Waals surface area contributed by atoms with Crippen LogP contribution in [0.15, 0.2) is 6.20 Å². The molecule has 5 nitrogen and oxygen atoms in total. The Labute approximate surface area is 131 Å². The van der Waals surface area contributed by atoms with E-state index in [0.29, 0.717) is 5.69 Å². The molecule has 0 aromatic carbocycles. The maximum atomic E-state index is 12.8. The molecule has 0 unspecified atom stereocenters. The minimum atomic E-state index is -4.94. The first-order valence-electron chi connectivity index (χ1n) is 7.28. The summed E-state index contributed by atoms with van der Waals surface area (Å²) in [6, 6.07) is 0. The first kappa shape index (κ1) is 15.8. The molecule has 0 bridgehead atoms. The van der Waals surface area contributed by atoms with Crippen molar-refractivity contribution in [2.75, 3.05) is 11.4 Å². The summed E-state index contributed by atoms with van der Waals surface area (Å²) >= 11 is 0. The van der Waals surface area contributed by atoms with Gasteiger partial charge in [0.1, 0.15) is 5.82 Å². The Balaban J connectivity index is 2.27. The van der Waals surface area contributed by atoms with E-state index in [-0.39, 0.29) is 11.2 Å². The van der Waals surface area contributed by atoms with Crippen LogP contribution in [0, 0.1) is 6.92 Å². The molecule has 0 saturated carbocycles. The summed E-state index contributed by atoms with van der Waals surface area (Å²) in [7, 11) is 0. The number of carbonyl (C=O) groups is 1. The van der Waals surface area contributed by atoms with Gasteiger partial charge in [-0.05, 0) is 34.1 Å². The third kappa shape index (κ3) is 2.36. The van der Waals surface area contributed by atoms with E-state index in [1.807, 2.05) is 20.8 Å². The Morgan fingerprint density at radius 3 is 2.48 bits per heavy atom. The molecule has 124 valence electrons. The molecule has 23 heavy (non-hydrogen) atoms. The van der Waals surface area contributed by atoms with Crippen LogP contribution in [0.1, 0.15) is 42.4 Å². The van der Waals surface area contributed by atoms with Gasteiger partial charge in [-0.25, -0.2) is 4.98 Å². The average molecular weight is 326 g/mol. The van der Waals surface area contributed by atoms with Gasteiger partial charge < -0.3 is 4.90 Å². The summed E-state index contributed by atoms with van der Waals surface area (Å²) in [6.45, 7) is 8.56. The van der Waals surface area contributed by atoms with Crippen molar-refractivity contribution >= 4 is 17.2 Å². The van der Waals surface area contributed by atoms with Crippen LogP contribution in [0.4, 0.5) is 19.0 Å². The third-order valence-corrected chi connectivity index (χ3v) is 4.08. The normalized spacial score (nSPS) is 15.3. The van der Waals surface area contributed by atoms with Crippen molar-refractivity contribution in [2.24, 2.45) is 0 Å². The topological polar surface area (TPSA) is 50.5 Å². The van der Waals surface area contributed by atoms with Gasteiger partial charge in [0.15, 0.2) is 5.65 Å². The number of rotatable bonds is 1. The van der Waals surface area contributed by atoms with Crippen LogP contribution < -0.4 is 4.90 Å². The number of anilines is 1. The molecule has 1 aliphatic rings. The molecule has 0 N–H and O–H groups in total. The average Bonchev–Trinajstić information content (AvgIpc) is 2.99. The number of aryl methyl sites for hydroxylation is 1. The highest BCUT2D eigenvalue weighted by Gasteiger charge is 2.42. The Morgan fingerprint density at radius 2 is 1.91 bits per heavy atom. The van der Waals surface area contributed by atoms with Gasteiger partial charge in [0, 0.05) is 23.3 Å². The number of alkyl halides is 3. The summed E-state index contributed by atoms with van der Waals surface area (Å²) in [5.74, 6) is -1.19. The van der Waals surface area contributed by atoms with Crippen LogP contribution in [0.5, 0.6) is 0 Å². The Hall–Kier alpha value is -2.12. The number of halogens is 3. The fraction of sp³-hybridized carbons (Fsp3) is 0.533. The van der Waals surface area contributed by atoms with Crippen LogP contribution in [-0.4, -0.2) is 38.6 Å². The van der Waals surface area contributed by atoms with Crippen LogP contribution >= 0.6 is 0 Å². The van der Waals surface area contributed by atoms with Gasteiger partial charge in [-0.2, -0.15) is 22.8 Å². The largest absolute Gasteiger partial charge is 0.455 e. The third-order valence-electron chi connectivity index (χ3n) is 4.08. The van der Waals surface area contributed by atoms with E-state index in [4.69, 9.17) is 0 Å². The molecule has 2 aromatic heterocycles. The van der Waals surface area contributed by atoms with Gasteiger partial charge in [-0.3, -0.25) is 4.79 Å². The number of carbonyl (C=O) groups excluding carboxylic acids is 1. The quantitative estimate of drug-likeness (QED) is 0.756. The Morgan fingerprint density at radius 1 is 1.26 bits per heavy atom. The molecule has 8 heteroatoms. The number of nitrogens with zero attached hydrogens (tertiary/aromatic N) is 4. The van der Waals surface area contributed by atoms with Crippen molar-refractivity contribution < 1.29 is 18.0 Å². The maximum absolute atomic E-state index is 12.8. The van der Waals surface area contributed by atoms with Crippen LogP contribution in [-0.2, 0) is 6.42 Å². The zero-order chi connectivity index (χ0) is 17.2. The lowest BCUT2D eigenvalue weighted by Crippen LogP contribution is -2.41. The predicted molar refractivity (Wildman–Crippen MR) is 78.9 cm³/mol. The van der Waals surface area contributed by atoms with Crippen molar-refractivity contribution in [3.8, 4) is 0 Å². The van der Waals surface area contributed by atoms with E-state index in [0.717, 1.165) is 30.5 Å². The van der Waals surface area contributed by atoms with Crippen LogP contribution in [0.3, 0.4) is 0 Å². The molecular weight excluding hydrogens is 309 g/mol. The first-order chi connectivity index (χ1) is 10.5. The van der Waals surface area contributed by atoms with Crippen LogP contribution in [0.25, 0.3) is 5.65 Å². The summed E-state index contributed by atoms with van der Waals surface area (Å²) in [6.07, 6.45) is -3.23. The Bertz CT molecular complexity index is 802. The van der Waals surface area contributed by atoms with Gasteiger partial charge in [0.05, 0.1) is 11.8 Å². The van der Waals surface area contributed by atoms with Gasteiger partial charge >= 0.3 is 6.18 Å². The zero-order valence-electron chi connectivity index (χ0n) is 13.3. The highest BCUT2D eigenvalue weighted by molar-refractivity contribution is 6.05. The van der Waals surface area contributed by atoms with Crippen molar-refractivity contribution in [3.05, 3.63) is 23.0 Å². The summed E-state index contributed by atoms with van der Waals surface area (Å²) in [5.41, 5.74) is 0.827. The second-order valence-electron chi connectivity index (χ2n) is 6.69. The molecule has 0 atom stereocenters. The van der Waals surface area contributed by atoms with E-state index < -0.39 is 17.5 Å². The lowest BCUT2D eigenvalue weighted by atomic mass is 10.1. The Kier molecular flexibility index (Phi) is 3.21. The molecule has 0 fully saturated rings. The molecule has 3 heterocycles. The highest BCUT2D eigenvalue weighted by Crippen LogP contribution is 2.36. The molecule has 0 radical (unpaired) electrons. The molecule has 1 aliphatic heterocycles. The number of ketones is 1. The maximum Gasteiger partial charge on any atom is 0.455 e. The van der Waals surface area contributed by atoms with Crippen molar-refractivity contribution in [1.82, 2.24) is 14.6 Å². The summed E-state index contributed by atoms with van der Waals surface area (Å²) < 4.78 is 39.6. The molecule has 0 spiro atoms. The molecule has 2 aromatic rings. The predicted octanol–water partition coefficient (Wildman–Crippen LogP) is 2.94. The van der Waals surface area contributed by atoms with Crippen molar-refractivity contribution in [3.63, 3.8) is 0 Å². The SMILES string of the molecule is Cc1nc2c(C(=O)C(F)(F)F)cnn2c2c1CCN2C(C)(C)C. The van der Waals surface area contributed by atoms with E-state index in [2.05, 4.69) is 15.0 Å². The smallest absolute Gasteiger partial charge is 0.351 e. The van der Waals surface area contributed by atoms with Crippen molar-refractivity contribution in [2.45, 2.75) is 45.8 Å². The number of aromatic nitrogens is 3. The highest BCUT2D eigenvalue weighted by atomic mass is 19.4. The summed E-state index contributed by atoms with van der Waals surface area (Å²) in [4.78, 5) is 17.9.